The van der Waals surface area contributed by atoms with Crippen molar-refractivity contribution in [1.82, 2.24) is 0 Å². The molecule has 0 aliphatic carbocycles. The quantitative estimate of drug-likeness (QED) is 0.504. The zero-order chi connectivity index (χ0) is 21.4. The fourth-order valence-electron chi connectivity index (χ4n) is 2.31. The van der Waals surface area contributed by atoms with Gasteiger partial charge < -0.3 is 15.4 Å². The summed E-state index contributed by atoms with van der Waals surface area (Å²) >= 11 is 6.00. The van der Waals surface area contributed by atoms with Gasteiger partial charge in [0.2, 0.25) is 5.91 Å². The van der Waals surface area contributed by atoms with Crippen molar-refractivity contribution in [2.75, 3.05) is 17.2 Å². The molecule has 0 unspecified atom stereocenters. The highest BCUT2D eigenvalue weighted by molar-refractivity contribution is 6.31. The van der Waals surface area contributed by atoms with Gasteiger partial charge in [-0.25, -0.2) is 0 Å². The van der Waals surface area contributed by atoms with E-state index in [-0.39, 0.29) is 24.5 Å². The van der Waals surface area contributed by atoms with Crippen molar-refractivity contribution in [2.24, 2.45) is 0 Å². The first-order valence-corrected chi connectivity index (χ1v) is 9.25. The number of amides is 2. The van der Waals surface area contributed by atoms with Gasteiger partial charge >= 0.3 is 5.97 Å². The Morgan fingerprint density at radius 3 is 2.14 bits per heavy atom. The second-order valence-corrected chi connectivity index (χ2v) is 6.76. The SMILES string of the molecule is CC(=O)c1ccc(NC(=O)COC(=O)CCC(=O)Nc2ccc(C)c(Cl)c2)cc1. The lowest BCUT2D eigenvalue weighted by molar-refractivity contribution is -0.147. The molecule has 0 aliphatic rings. The van der Waals surface area contributed by atoms with Gasteiger partial charge in [0.05, 0.1) is 6.42 Å². The van der Waals surface area contributed by atoms with E-state index in [1.54, 1.807) is 42.5 Å². The lowest BCUT2D eigenvalue weighted by Crippen LogP contribution is -2.21. The number of ether oxygens (including phenoxy) is 1. The zero-order valence-electron chi connectivity index (χ0n) is 16.1. The Morgan fingerprint density at radius 2 is 1.52 bits per heavy atom. The standard InChI is InChI=1S/C21H21ClN2O5/c1-13-3-6-17(11-18(13)22)24-19(26)9-10-21(28)29-12-20(27)23-16-7-4-15(5-8-16)14(2)25/h3-8,11H,9-10,12H2,1-2H3,(H,23,27)(H,24,26). The van der Waals surface area contributed by atoms with Crippen LogP contribution in [0.15, 0.2) is 42.5 Å². The van der Waals surface area contributed by atoms with Crippen LogP contribution >= 0.6 is 11.6 Å². The van der Waals surface area contributed by atoms with Crippen LogP contribution in [-0.4, -0.2) is 30.2 Å². The molecule has 0 aromatic heterocycles. The molecule has 2 aromatic carbocycles. The van der Waals surface area contributed by atoms with Crippen LogP contribution in [0.2, 0.25) is 5.02 Å². The van der Waals surface area contributed by atoms with E-state index in [2.05, 4.69) is 10.6 Å². The van der Waals surface area contributed by atoms with Crippen LogP contribution in [0, 0.1) is 6.92 Å². The Morgan fingerprint density at radius 1 is 0.897 bits per heavy atom. The Bertz CT molecular complexity index is 925. The number of rotatable bonds is 8. The molecule has 29 heavy (non-hydrogen) atoms. The van der Waals surface area contributed by atoms with Crippen LogP contribution in [0.25, 0.3) is 0 Å². The summed E-state index contributed by atoms with van der Waals surface area (Å²) in [5.74, 6) is -1.62. The van der Waals surface area contributed by atoms with Crippen molar-refractivity contribution >= 4 is 46.5 Å². The van der Waals surface area contributed by atoms with E-state index in [9.17, 15) is 19.2 Å². The van der Waals surface area contributed by atoms with Crippen LogP contribution in [0.5, 0.6) is 0 Å². The monoisotopic (exact) mass is 416 g/mol. The highest BCUT2D eigenvalue weighted by Crippen LogP contribution is 2.20. The first-order valence-electron chi connectivity index (χ1n) is 8.87. The maximum absolute atomic E-state index is 11.9. The molecule has 2 N–H and O–H groups in total. The van der Waals surface area contributed by atoms with Crippen molar-refractivity contribution in [3.63, 3.8) is 0 Å². The maximum atomic E-state index is 11.9. The topological polar surface area (TPSA) is 102 Å². The fraction of sp³-hybridized carbons (Fsp3) is 0.238. The van der Waals surface area contributed by atoms with E-state index in [4.69, 9.17) is 16.3 Å². The molecule has 152 valence electrons. The molecular formula is C21H21ClN2O5. The number of Topliss-reactive ketones (excluding diaryl/α,β-unsaturated/α-hetero) is 1. The molecule has 0 saturated heterocycles. The normalized spacial score (nSPS) is 10.2. The van der Waals surface area contributed by atoms with E-state index in [1.807, 2.05) is 6.92 Å². The molecule has 0 spiro atoms. The summed E-state index contributed by atoms with van der Waals surface area (Å²) in [7, 11) is 0. The van der Waals surface area contributed by atoms with Gasteiger partial charge in [-0.2, -0.15) is 0 Å². The predicted molar refractivity (Wildman–Crippen MR) is 110 cm³/mol. The van der Waals surface area contributed by atoms with Gasteiger partial charge in [0.15, 0.2) is 12.4 Å². The van der Waals surface area contributed by atoms with Gasteiger partial charge in [-0.3, -0.25) is 19.2 Å². The first kappa shape index (κ1) is 22.1. The number of carbonyl (C=O) groups excluding carboxylic acids is 4. The van der Waals surface area contributed by atoms with Gasteiger partial charge in [-0.15, -0.1) is 0 Å². The van der Waals surface area contributed by atoms with Crippen LogP contribution in [-0.2, 0) is 19.1 Å². The first-order chi connectivity index (χ1) is 13.7. The van der Waals surface area contributed by atoms with Crippen molar-refractivity contribution in [2.45, 2.75) is 26.7 Å². The average molecular weight is 417 g/mol. The van der Waals surface area contributed by atoms with Crippen molar-refractivity contribution < 1.29 is 23.9 Å². The third kappa shape index (κ3) is 7.38. The Hall–Kier alpha value is -3.19. The minimum Gasteiger partial charge on any atom is -0.456 e. The number of ketones is 1. The third-order valence-corrected chi connectivity index (χ3v) is 4.36. The number of nitrogens with one attached hydrogen (secondary N) is 2. The molecule has 2 rings (SSSR count). The highest BCUT2D eigenvalue weighted by Gasteiger charge is 2.11. The van der Waals surface area contributed by atoms with E-state index in [1.165, 1.54) is 6.92 Å². The van der Waals surface area contributed by atoms with Gasteiger partial charge in [0.1, 0.15) is 0 Å². The molecule has 0 atom stereocenters. The average Bonchev–Trinajstić information content (AvgIpc) is 2.68. The minimum atomic E-state index is -0.663. The van der Waals surface area contributed by atoms with E-state index < -0.39 is 18.5 Å². The lowest BCUT2D eigenvalue weighted by atomic mass is 10.1. The number of halogens is 1. The Kier molecular flexibility index (Phi) is 7.91. The second-order valence-electron chi connectivity index (χ2n) is 6.35. The summed E-state index contributed by atoms with van der Waals surface area (Å²) in [6.45, 7) is 2.83. The van der Waals surface area contributed by atoms with Crippen LogP contribution < -0.4 is 10.6 Å². The summed E-state index contributed by atoms with van der Waals surface area (Å²) in [5.41, 5.74) is 2.43. The number of aryl methyl sites for hydroxylation is 1. The molecule has 0 heterocycles. The largest absolute Gasteiger partial charge is 0.456 e. The summed E-state index contributed by atoms with van der Waals surface area (Å²) in [6.07, 6.45) is -0.246. The molecule has 7 nitrogen and oxygen atoms in total. The van der Waals surface area contributed by atoms with Crippen LogP contribution in [0.3, 0.4) is 0 Å². The maximum Gasteiger partial charge on any atom is 0.306 e. The van der Waals surface area contributed by atoms with Crippen LogP contribution in [0.1, 0.15) is 35.7 Å². The fourth-order valence-corrected chi connectivity index (χ4v) is 2.49. The number of esters is 1. The highest BCUT2D eigenvalue weighted by atomic mass is 35.5. The summed E-state index contributed by atoms with van der Waals surface area (Å²) in [6, 6.07) is 11.5. The number of benzene rings is 2. The Labute approximate surface area is 173 Å². The van der Waals surface area contributed by atoms with E-state index in [0.29, 0.717) is 22.0 Å². The molecule has 0 fully saturated rings. The van der Waals surface area contributed by atoms with E-state index in [0.717, 1.165) is 5.56 Å². The number of carbonyl (C=O) groups is 4. The molecule has 2 amide bonds. The molecule has 0 aliphatic heterocycles. The lowest BCUT2D eigenvalue weighted by Gasteiger charge is -2.08. The summed E-state index contributed by atoms with van der Waals surface area (Å²) < 4.78 is 4.87. The Balaban J connectivity index is 1.70. The molecular weight excluding hydrogens is 396 g/mol. The molecule has 8 heteroatoms. The predicted octanol–water partition coefficient (Wildman–Crippen LogP) is 3.75. The van der Waals surface area contributed by atoms with Crippen molar-refractivity contribution in [3.05, 3.63) is 58.6 Å². The number of hydrogen-bond acceptors (Lipinski definition) is 5. The van der Waals surface area contributed by atoms with E-state index >= 15 is 0 Å². The van der Waals surface area contributed by atoms with Gasteiger partial charge in [-0.05, 0) is 55.8 Å². The smallest absolute Gasteiger partial charge is 0.306 e. The van der Waals surface area contributed by atoms with Crippen molar-refractivity contribution in [1.29, 1.82) is 0 Å². The summed E-state index contributed by atoms with van der Waals surface area (Å²) in [5, 5.41) is 5.72. The number of anilines is 2. The number of hydrogen-bond donors (Lipinski definition) is 2. The molecule has 0 saturated carbocycles. The molecule has 0 bridgehead atoms. The minimum absolute atomic E-state index is 0.0775. The van der Waals surface area contributed by atoms with Crippen molar-refractivity contribution in [3.8, 4) is 0 Å². The third-order valence-electron chi connectivity index (χ3n) is 3.95. The summed E-state index contributed by atoms with van der Waals surface area (Å²) in [4.78, 5) is 46.7. The molecule has 0 radical (unpaired) electrons. The van der Waals surface area contributed by atoms with Gasteiger partial charge in [0, 0.05) is 28.4 Å². The van der Waals surface area contributed by atoms with Crippen LogP contribution in [0.4, 0.5) is 11.4 Å². The molecule has 2 aromatic rings. The van der Waals surface area contributed by atoms with Gasteiger partial charge in [0.25, 0.3) is 5.91 Å². The second kappa shape index (κ2) is 10.4. The zero-order valence-corrected chi connectivity index (χ0v) is 16.8. The van der Waals surface area contributed by atoms with Gasteiger partial charge in [-0.1, -0.05) is 17.7 Å².